The number of aliphatic carboxylic acids is 1. The molecular weight excluding hydrogens is 292 g/mol. The molecule has 3 N–H and O–H groups in total. The number of hydrogen-bond donors (Lipinski definition) is 3. The molecule has 4 atom stereocenters. The van der Waals surface area contributed by atoms with E-state index in [1.807, 2.05) is 6.92 Å². The highest BCUT2D eigenvalue weighted by Gasteiger charge is 2.30. The van der Waals surface area contributed by atoms with Gasteiger partial charge in [0.05, 0.1) is 5.92 Å². The fourth-order valence-corrected chi connectivity index (χ4v) is 3.00. The molecule has 0 aromatic carbocycles. The molecule has 1 fully saturated rings. The summed E-state index contributed by atoms with van der Waals surface area (Å²) in [5.74, 6) is -1.34. The monoisotopic (exact) mass is 318 g/mol. The van der Waals surface area contributed by atoms with E-state index in [4.69, 9.17) is 0 Å². The van der Waals surface area contributed by atoms with E-state index < -0.39 is 22.7 Å². The molecule has 0 spiro atoms. The average Bonchev–Trinajstić information content (AvgIpc) is 2.63. The van der Waals surface area contributed by atoms with Gasteiger partial charge in [-0.25, -0.2) is 4.79 Å². The SMILES string of the molecule is CC(CCNC(=O)NC1CCCCCC1C(=O)O)S(C)=O. The Balaban J connectivity index is 2.40. The Labute approximate surface area is 128 Å². The van der Waals surface area contributed by atoms with Gasteiger partial charge in [-0.2, -0.15) is 0 Å². The van der Waals surface area contributed by atoms with Crippen LogP contribution in [0.1, 0.15) is 45.4 Å². The maximum absolute atomic E-state index is 11.9. The molecule has 0 aliphatic heterocycles. The number of carboxylic acid groups (broad SMARTS) is 1. The highest BCUT2D eigenvalue weighted by molar-refractivity contribution is 7.84. The summed E-state index contributed by atoms with van der Waals surface area (Å²) in [4.78, 5) is 23.1. The molecule has 6 nitrogen and oxygen atoms in total. The van der Waals surface area contributed by atoms with Gasteiger partial charge in [-0.05, 0) is 19.3 Å². The Morgan fingerprint density at radius 2 is 1.95 bits per heavy atom. The van der Waals surface area contributed by atoms with E-state index >= 15 is 0 Å². The molecule has 0 bridgehead atoms. The van der Waals surface area contributed by atoms with Gasteiger partial charge in [0, 0.05) is 34.9 Å². The maximum Gasteiger partial charge on any atom is 0.315 e. The molecule has 2 amide bonds. The third-order valence-electron chi connectivity index (χ3n) is 4.05. The van der Waals surface area contributed by atoms with Gasteiger partial charge >= 0.3 is 12.0 Å². The molecule has 4 unspecified atom stereocenters. The zero-order chi connectivity index (χ0) is 15.8. The lowest BCUT2D eigenvalue weighted by molar-refractivity contribution is -0.142. The first-order valence-electron chi connectivity index (χ1n) is 7.51. The molecule has 122 valence electrons. The molecule has 0 saturated heterocycles. The van der Waals surface area contributed by atoms with Crippen molar-refractivity contribution in [3.63, 3.8) is 0 Å². The van der Waals surface area contributed by atoms with Gasteiger partial charge in [-0.3, -0.25) is 9.00 Å². The molecule has 7 heteroatoms. The third kappa shape index (κ3) is 6.46. The van der Waals surface area contributed by atoms with Crippen LogP contribution in [0, 0.1) is 5.92 Å². The summed E-state index contributed by atoms with van der Waals surface area (Å²) in [5.41, 5.74) is 0. The Kier molecular flexibility index (Phi) is 7.71. The minimum atomic E-state index is -0.895. The van der Waals surface area contributed by atoms with E-state index in [1.54, 1.807) is 6.26 Å². The highest BCUT2D eigenvalue weighted by Crippen LogP contribution is 2.23. The molecule has 1 aliphatic rings. The van der Waals surface area contributed by atoms with Crippen LogP contribution in [0.2, 0.25) is 0 Å². The van der Waals surface area contributed by atoms with Gasteiger partial charge in [0.25, 0.3) is 0 Å². The van der Waals surface area contributed by atoms with E-state index in [2.05, 4.69) is 10.6 Å². The van der Waals surface area contributed by atoms with Crippen molar-refractivity contribution in [1.29, 1.82) is 0 Å². The number of carbonyl (C=O) groups excluding carboxylic acids is 1. The van der Waals surface area contributed by atoms with Crippen LogP contribution in [-0.4, -0.2) is 45.4 Å². The van der Waals surface area contributed by atoms with E-state index in [9.17, 15) is 18.9 Å². The van der Waals surface area contributed by atoms with Crippen LogP contribution in [-0.2, 0) is 15.6 Å². The lowest BCUT2D eigenvalue weighted by atomic mass is 9.95. The molecule has 0 heterocycles. The van der Waals surface area contributed by atoms with Crippen molar-refractivity contribution in [3.05, 3.63) is 0 Å². The predicted molar refractivity (Wildman–Crippen MR) is 82.7 cm³/mol. The van der Waals surface area contributed by atoms with Crippen molar-refractivity contribution >= 4 is 22.8 Å². The van der Waals surface area contributed by atoms with Crippen molar-refractivity contribution in [2.75, 3.05) is 12.8 Å². The van der Waals surface area contributed by atoms with Gasteiger partial charge in [-0.15, -0.1) is 0 Å². The number of rotatable bonds is 6. The molecule has 1 aliphatic carbocycles. The zero-order valence-electron chi connectivity index (χ0n) is 12.8. The van der Waals surface area contributed by atoms with Crippen LogP contribution in [0.5, 0.6) is 0 Å². The first-order valence-corrected chi connectivity index (χ1v) is 9.13. The van der Waals surface area contributed by atoms with Gasteiger partial charge in [0.15, 0.2) is 0 Å². The Morgan fingerprint density at radius 1 is 1.29 bits per heavy atom. The van der Waals surface area contributed by atoms with Gasteiger partial charge in [0.1, 0.15) is 0 Å². The number of urea groups is 1. The summed E-state index contributed by atoms with van der Waals surface area (Å²) in [6.07, 6.45) is 6.48. The largest absolute Gasteiger partial charge is 0.481 e. The Morgan fingerprint density at radius 3 is 2.57 bits per heavy atom. The molecule has 1 rings (SSSR count). The third-order valence-corrected chi connectivity index (χ3v) is 5.42. The van der Waals surface area contributed by atoms with Gasteiger partial charge in [0.2, 0.25) is 0 Å². The van der Waals surface area contributed by atoms with Gasteiger partial charge in [-0.1, -0.05) is 26.2 Å². The second-order valence-corrected chi connectivity index (χ2v) is 7.49. The highest BCUT2D eigenvalue weighted by atomic mass is 32.2. The normalized spacial score (nSPS) is 25.4. The summed E-state index contributed by atoms with van der Waals surface area (Å²) in [6.45, 7) is 2.32. The molecule has 0 aromatic heterocycles. The molecule has 21 heavy (non-hydrogen) atoms. The van der Waals surface area contributed by atoms with Crippen molar-refractivity contribution in [1.82, 2.24) is 10.6 Å². The fraction of sp³-hybridized carbons (Fsp3) is 0.857. The summed E-state index contributed by atoms with van der Waals surface area (Å²) < 4.78 is 11.2. The molecule has 0 radical (unpaired) electrons. The quantitative estimate of drug-likeness (QED) is 0.646. The number of nitrogens with one attached hydrogen (secondary N) is 2. The average molecular weight is 318 g/mol. The maximum atomic E-state index is 11.9. The first kappa shape index (κ1) is 17.9. The van der Waals surface area contributed by atoms with Crippen molar-refractivity contribution in [3.8, 4) is 0 Å². The Hall–Kier alpha value is -1.11. The lowest BCUT2D eigenvalue weighted by Gasteiger charge is -2.23. The summed E-state index contributed by atoms with van der Waals surface area (Å²) in [6, 6.07) is -0.634. The zero-order valence-corrected chi connectivity index (χ0v) is 13.6. The van der Waals surface area contributed by atoms with Crippen molar-refractivity contribution < 1.29 is 18.9 Å². The number of amides is 2. The van der Waals surface area contributed by atoms with Crippen molar-refractivity contribution in [2.24, 2.45) is 5.92 Å². The minimum Gasteiger partial charge on any atom is -0.481 e. The molecule has 0 aromatic rings. The molecule has 1 saturated carbocycles. The van der Waals surface area contributed by atoms with Crippen LogP contribution in [0.15, 0.2) is 0 Å². The van der Waals surface area contributed by atoms with Crippen LogP contribution in [0.25, 0.3) is 0 Å². The van der Waals surface area contributed by atoms with E-state index in [0.717, 1.165) is 19.3 Å². The summed E-state index contributed by atoms with van der Waals surface area (Å²) >= 11 is 0. The van der Waals surface area contributed by atoms with Gasteiger partial charge < -0.3 is 15.7 Å². The van der Waals surface area contributed by atoms with E-state index in [0.29, 0.717) is 25.8 Å². The summed E-state index contributed by atoms with van der Waals surface area (Å²) in [5, 5.41) is 14.8. The smallest absolute Gasteiger partial charge is 0.315 e. The number of hydrogen-bond acceptors (Lipinski definition) is 3. The van der Waals surface area contributed by atoms with Crippen molar-refractivity contribution in [2.45, 2.75) is 56.7 Å². The predicted octanol–water partition coefficient (Wildman–Crippen LogP) is 1.48. The minimum absolute atomic E-state index is 0.0370. The number of carbonyl (C=O) groups is 2. The lowest BCUT2D eigenvalue weighted by Crippen LogP contribution is -2.47. The standard InChI is InChI=1S/C14H26N2O4S/c1-10(21(2)20)8-9-15-14(19)16-12-7-5-3-4-6-11(12)13(17)18/h10-12H,3-9H2,1-2H3,(H,17,18)(H2,15,16,19). The van der Waals surface area contributed by atoms with E-state index in [-0.39, 0.29) is 17.3 Å². The van der Waals surface area contributed by atoms with Crippen LogP contribution in [0.4, 0.5) is 4.79 Å². The van der Waals surface area contributed by atoms with E-state index in [1.165, 1.54) is 0 Å². The first-order chi connectivity index (χ1) is 9.91. The Bertz CT molecular complexity index is 389. The van der Waals surface area contributed by atoms with Crippen LogP contribution >= 0.6 is 0 Å². The fourth-order valence-electron chi connectivity index (χ4n) is 2.55. The second-order valence-electron chi connectivity index (χ2n) is 5.69. The van der Waals surface area contributed by atoms with Crippen LogP contribution in [0.3, 0.4) is 0 Å². The summed E-state index contributed by atoms with van der Waals surface area (Å²) in [7, 11) is -0.895. The van der Waals surface area contributed by atoms with Crippen LogP contribution < -0.4 is 10.6 Å². The topological polar surface area (TPSA) is 95.5 Å². The number of carboxylic acids is 1. The second kappa shape index (κ2) is 9.02. The molecular formula is C14H26N2O4S.